The van der Waals surface area contributed by atoms with Crippen LogP contribution in [-0.2, 0) is 19.0 Å². The molecule has 0 saturated carbocycles. The number of carbonyl (C=O) groups excluding carboxylic acids is 1. The normalized spacial score (nSPS) is 15.4. The summed E-state index contributed by atoms with van der Waals surface area (Å²) in [5.41, 5.74) is 0.359. The summed E-state index contributed by atoms with van der Waals surface area (Å²) in [4.78, 5) is 11.0. The summed E-state index contributed by atoms with van der Waals surface area (Å²) < 4.78 is 14.7. The fourth-order valence-corrected chi connectivity index (χ4v) is 0.595. The van der Waals surface area contributed by atoms with Crippen molar-refractivity contribution < 1.29 is 19.0 Å². The number of hydrogen-bond acceptors (Lipinski definition) is 4. The first-order valence-electron chi connectivity index (χ1n) is 3.93. The van der Waals surface area contributed by atoms with E-state index >= 15 is 0 Å². The zero-order valence-electron chi connectivity index (χ0n) is 7.70. The summed E-state index contributed by atoms with van der Waals surface area (Å²) in [5.74, 6) is 0.316. The molecule has 0 amide bonds. The summed E-state index contributed by atoms with van der Waals surface area (Å²) in [6.07, 6.45) is 1.00. The van der Waals surface area contributed by atoms with E-state index in [-0.39, 0.29) is 0 Å². The predicted molar refractivity (Wildman–Crippen MR) is 45.5 cm³/mol. The zero-order valence-corrected chi connectivity index (χ0v) is 7.70. The summed E-state index contributed by atoms with van der Waals surface area (Å²) in [5, 5.41) is 0. The molecule has 72 valence electrons. The molecule has 4 nitrogen and oxygen atoms in total. The molecule has 0 aromatic rings. The highest BCUT2D eigenvalue weighted by Crippen LogP contribution is 2.14. The molecule has 0 spiro atoms. The van der Waals surface area contributed by atoms with Gasteiger partial charge in [-0.1, -0.05) is 6.58 Å². The Bertz CT molecular complexity index is 254. The molecule has 0 bridgehead atoms. The predicted octanol–water partition coefficient (Wildman–Crippen LogP) is 1.34. The summed E-state index contributed by atoms with van der Waals surface area (Å²) in [7, 11) is 0. The molecule has 0 radical (unpaired) electrons. The average molecular weight is 184 g/mol. The molecule has 0 aromatic carbocycles. The Morgan fingerprint density at radius 1 is 1.77 bits per heavy atom. The van der Waals surface area contributed by atoms with Crippen LogP contribution in [0.1, 0.15) is 13.8 Å². The first-order valence-corrected chi connectivity index (χ1v) is 3.93. The summed E-state index contributed by atoms with van der Waals surface area (Å²) in [6.45, 7) is 7.01. The van der Waals surface area contributed by atoms with Crippen LogP contribution in [0.2, 0.25) is 0 Å². The maximum absolute atomic E-state index is 11.0. The highest BCUT2D eigenvalue weighted by Gasteiger charge is 2.14. The van der Waals surface area contributed by atoms with Gasteiger partial charge in [-0.2, -0.15) is 0 Å². The van der Waals surface area contributed by atoms with E-state index in [1.54, 1.807) is 20.1 Å². The van der Waals surface area contributed by atoms with Gasteiger partial charge < -0.3 is 14.2 Å². The van der Waals surface area contributed by atoms with Crippen LogP contribution < -0.4 is 0 Å². The zero-order chi connectivity index (χ0) is 9.84. The highest BCUT2D eigenvalue weighted by atomic mass is 16.7. The van der Waals surface area contributed by atoms with Crippen LogP contribution in [0.5, 0.6) is 0 Å². The summed E-state index contributed by atoms with van der Waals surface area (Å²) in [6, 6.07) is 0. The van der Waals surface area contributed by atoms with Gasteiger partial charge in [-0.05, 0) is 13.8 Å². The minimum atomic E-state index is -0.575. The van der Waals surface area contributed by atoms with Crippen molar-refractivity contribution in [3.63, 3.8) is 0 Å². The Kier molecular flexibility index (Phi) is 3.08. The molecule has 1 aliphatic heterocycles. The Balaban J connectivity index is 2.15. The van der Waals surface area contributed by atoms with Crippen molar-refractivity contribution in [1.29, 1.82) is 0 Å². The van der Waals surface area contributed by atoms with Crippen molar-refractivity contribution >= 4 is 5.97 Å². The van der Waals surface area contributed by atoms with Gasteiger partial charge in [0.25, 0.3) is 0 Å². The second-order valence-electron chi connectivity index (χ2n) is 2.77. The van der Waals surface area contributed by atoms with Gasteiger partial charge in [0.1, 0.15) is 12.9 Å². The first kappa shape index (κ1) is 9.80. The molecule has 0 N–H and O–H groups in total. The lowest BCUT2D eigenvalue weighted by molar-refractivity contribution is -0.168. The third kappa shape index (κ3) is 3.75. The molecule has 1 unspecified atom stereocenters. The number of carbonyl (C=O) groups is 1. The van der Waals surface area contributed by atoms with E-state index in [0.29, 0.717) is 12.2 Å². The lowest BCUT2D eigenvalue weighted by Gasteiger charge is -2.12. The number of hydrogen-bond donors (Lipinski definition) is 0. The minimum Gasteiger partial charge on any atom is -0.460 e. The smallest absolute Gasteiger partial charge is 0.335 e. The van der Waals surface area contributed by atoms with Gasteiger partial charge in [-0.15, -0.1) is 0 Å². The van der Waals surface area contributed by atoms with Gasteiger partial charge >= 0.3 is 5.97 Å². The molecule has 0 saturated heterocycles. The van der Waals surface area contributed by atoms with E-state index in [1.165, 1.54) is 0 Å². The maximum Gasteiger partial charge on any atom is 0.335 e. The van der Waals surface area contributed by atoms with Crippen molar-refractivity contribution in [2.45, 2.75) is 20.1 Å². The van der Waals surface area contributed by atoms with E-state index in [4.69, 9.17) is 14.2 Å². The lowest BCUT2D eigenvalue weighted by atomic mass is 10.4. The van der Waals surface area contributed by atoms with Crippen LogP contribution >= 0.6 is 0 Å². The molecule has 1 rings (SSSR count). The van der Waals surface area contributed by atoms with E-state index in [1.807, 2.05) is 0 Å². The van der Waals surface area contributed by atoms with Crippen molar-refractivity contribution in [2.75, 3.05) is 6.61 Å². The molecule has 13 heavy (non-hydrogen) atoms. The quantitative estimate of drug-likeness (QED) is 0.367. The topological polar surface area (TPSA) is 48.1 Å². The Hall–Kier alpha value is -1.29. The van der Waals surface area contributed by atoms with Gasteiger partial charge in [-0.3, -0.25) is 0 Å². The third-order valence-electron chi connectivity index (χ3n) is 1.37. The van der Waals surface area contributed by atoms with Crippen molar-refractivity contribution in [3.05, 3.63) is 24.2 Å². The van der Waals surface area contributed by atoms with Crippen molar-refractivity contribution in [2.24, 2.45) is 0 Å². The van der Waals surface area contributed by atoms with Crippen molar-refractivity contribution in [3.8, 4) is 0 Å². The van der Waals surface area contributed by atoms with E-state index in [2.05, 4.69) is 6.58 Å². The molecular weight excluding hydrogens is 172 g/mol. The molecule has 0 aromatic heterocycles. The molecule has 0 fully saturated rings. The monoisotopic (exact) mass is 184 g/mol. The van der Waals surface area contributed by atoms with E-state index in [0.717, 1.165) is 5.76 Å². The molecule has 1 heterocycles. The fourth-order valence-electron chi connectivity index (χ4n) is 0.595. The fraction of sp³-hybridized carbons (Fsp3) is 0.444. The van der Waals surface area contributed by atoms with Gasteiger partial charge in [0.2, 0.25) is 6.29 Å². The highest BCUT2D eigenvalue weighted by molar-refractivity contribution is 5.86. The number of ether oxygens (including phenoxy) is 3. The maximum atomic E-state index is 11.0. The van der Waals surface area contributed by atoms with E-state index in [9.17, 15) is 4.79 Å². The van der Waals surface area contributed by atoms with Crippen LogP contribution in [0.3, 0.4) is 0 Å². The van der Waals surface area contributed by atoms with Crippen LogP contribution in [0, 0.1) is 0 Å². The molecule has 1 aliphatic rings. The van der Waals surface area contributed by atoms with Gasteiger partial charge in [0, 0.05) is 5.57 Å². The van der Waals surface area contributed by atoms with Gasteiger partial charge in [-0.25, -0.2) is 4.79 Å². The van der Waals surface area contributed by atoms with Crippen LogP contribution in [0.15, 0.2) is 24.2 Å². The molecule has 1 atom stereocenters. The number of rotatable bonds is 5. The minimum absolute atomic E-state index is 0.338. The third-order valence-corrected chi connectivity index (χ3v) is 1.37. The largest absolute Gasteiger partial charge is 0.460 e. The van der Waals surface area contributed by atoms with Crippen LogP contribution in [0.4, 0.5) is 0 Å². The average Bonchev–Trinajstić information content (AvgIpc) is 2.83. The van der Waals surface area contributed by atoms with Crippen LogP contribution in [-0.4, -0.2) is 18.9 Å². The summed E-state index contributed by atoms with van der Waals surface area (Å²) >= 11 is 0. The standard InChI is InChI=1S/C9H12O4/c1-6(2)9(10)13-7(3)11-4-8-5-12-8/h5,7H,1,4H2,2-3H3. The Morgan fingerprint density at radius 2 is 2.38 bits per heavy atom. The van der Waals surface area contributed by atoms with Crippen LogP contribution in [0.25, 0.3) is 0 Å². The van der Waals surface area contributed by atoms with Gasteiger partial charge in [0.05, 0.1) is 0 Å². The molecule has 0 aliphatic carbocycles. The second-order valence-corrected chi connectivity index (χ2v) is 2.77. The Morgan fingerprint density at radius 3 is 2.85 bits per heavy atom. The molecule has 4 heteroatoms. The first-order chi connectivity index (χ1) is 6.09. The van der Waals surface area contributed by atoms with Crippen molar-refractivity contribution in [1.82, 2.24) is 0 Å². The van der Waals surface area contributed by atoms with E-state index < -0.39 is 12.3 Å². The lowest BCUT2D eigenvalue weighted by Crippen LogP contribution is -2.18. The number of esters is 1. The second kappa shape index (κ2) is 4.09. The molecular formula is C9H12O4. The Labute approximate surface area is 76.8 Å². The SMILES string of the molecule is C=C(C)C(=O)OC(C)OCC1=CO1. The van der Waals surface area contributed by atoms with Gasteiger partial charge in [0.15, 0.2) is 5.76 Å².